The van der Waals surface area contributed by atoms with Crippen molar-refractivity contribution in [3.8, 4) is 0 Å². The number of nitrogens with zero attached hydrogens (tertiary/aromatic N) is 1. The van der Waals surface area contributed by atoms with Crippen molar-refractivity contribution in [1.82, 2.24) is 4.98 Å². The molecule has 3 nitrogen and oxygen atoms in total. The van der Waals surface area contributed by atoms with Gasteiger partial charge in [-0.3, -0.25) is 5.32 Å². The molecule has 12 heavy (non-hydrogen) atoms. The van der Waals surface area contributed by atoms with Crippen LogP contribution in [0, 0.1) is 0 Å². The Bertz CT molecular complexity index is 271. The van der Waals surface area contributed by atoms with E-state index in [1.807, 2.05) is 0 Å². The van der Waals surface area contributed by atoms with E-state index in [9.17, 15) is 13.2 Å². The van der Waals surface area contributed by atoms with Crippen LogP contribution in [0.4, 0.5) is 24.7 Å². The van der Waals surface area contributed by atoms with Crippen LogP contribution >= 0.6 is 0 Å². The Balaban J connectivity index is 2.83. The highest BCUT2D eigenvalue weighted by molar-refractivity contribution is 5.60. The van der Waals surface area contributed by atoms with Crippen molar-refractivity contribution in [2.45, 2.75) is 6.30 Å². The van der Waals surface area contributed by atoms with Gasteiger partial charge in [-0.05, 0) is 12.1 Å². The molecule has 0 atom stereocenters. The Hall–Kier alpha value is -1.46. The average Bonchev–Trinajstić information content (AvgIpc) is 1.91. The standard InChI is InChI=1S/C6H6F3N3/c7-6(8,9)12-5-4(10)2-1-3-11-5/h1-3H,10H2,(H,11,12). The second-order valence-electron chi connectivity index (χ2n) is 2.06. The first kappa shape index (κ1) is 8.63. The van der Waals surface area contributed by atoms with Gasteiger partial charge in [0.2, 0.25) is 0 Å². The maximum atomic E-state index is 11.7. The average molecular weight is 177 g/mol. The highest BCUT2D eigenvalue weighted by Crippen LogP contribution is 2.21. The minimum absolute atomic E-state index is 0.0326. The molecule has 6 heteroatoms. The number of hydrogen-bond acceptors (Lipinski definition) is 3. The van der Waals surface area contributed by atoms with Gasteiger partial charge in [0.25, 0.3) is 0 Å². The van der Waals surface area contributed by atoms with E-state index in [2.05, 4.69) is 4.98 Å². The summed E-state index contributed by atoms with van der Waals surface area (Å²) < 4.78 is 35.1. The summed E-state index contributed by atoms with van der Waals surface area (Å²) in [7, 11) is 0. The van der Waals surface area contributed by atoms with Crippen LogP contribution in [-0.2, 0) is 0 Å². The maximum Gasteiger partial charge on any atom is 0.483 e. The number of alkyl halides is 3. The molecule has 0 bridgehead atoms. The smallest absolute Gasteiger partial charge is 0.396 e. The number of rotatable bonds is 1. The summed E-state index contributed by atoms with van der Waals surface area (Å²) in [5.41, 5.74) is 5.17. The Kier molecular flexibility index (Phi) is 2.07. The molecule has 1 aromatic heterocycles. The summed E-state index contributed by atoms with van der Waals surface area (Å²) >= 11 is 0. The van der Waals surface area contributed by atoms with Crippen LogP contribution in [0.15, 0.2) is 18.3 Å². The molecule has 0 amide bonds. The minimum atomic E-state index is -4.50. The zero-order chi connectivity index (χ0) is 9.19. The molecule has 0 aliphatic carbocycles. The van der Waals surface area contributed by atoms with Crippen LogP contribution < -0.4 is 11.1 Å². The number of halogens is 3. The first-order valence-corrected chi connectivity index (χ1v) is 3.04. The topological polar surface area (TPSA) is 50.9 Å². The lowest BCUT2D eigenvalue weighted by Gasteiger charge is -2.09. The summed E-state index contributed by atoms with van der Waals surface area (Å²) in [5.74, 6) is -0.370. The fourth-order valence-corrected chi connectivity index (χ4v) is 0.656. The van der Waals surface area contributed by atoms with E-state index < -0.39 is 6.30 Å². The molecule has 1 rings (SSSR count). The van der Waals surface area contributed by atoms with Crippen LogP contribution in [0.3, 0.4) is 0 Å². The monoisotopic (exact) mass is 177 g/mol. The second-order valence-corrected chi connectivity index (χ2v) is 2.06. The fraction of sp³-hybridized carbons (Fsp3) is 0.167. The molecule has 66 valence electrons. The van der Waals surface area contributed by atoms with E-state index in [1.165, 1.54) is 23.6 Å². The summed E-state index contributed by atoms with van der Waals surface area (Å²) in [6.07, 6.45) is -3.27. The van der Waals surface area contributed by atoms with Crippen molar-refractivity contribution in [3.63, 3.8) is 0 Å². The molecular formula is C6H6F3N3. The van der Waals surface area contributed by atoms with E-state index in [0.717, 1.165) is 0 Å². The number of nitrogens with two attached hydrogens (primary N) is 1. The maximum absolute atomic E-state index is 11.7. The fourth-order valence-electron chi connectivity index (χ4n) is 0.656. The van der Waals surface area contributed by atoms with Crippen LogP contribution in [0.2, 0.25) is 0 Å². The molecule has 0 spiro atoms. The van der Waals surface area contributed by atoms with E-state index in [1.54, 1.807) is 0 Å². The first-order chi connectivity index (χ1) is 5.49. The first-order valence-electron chi connectivity index (χ1n) is 3.04. The quantitative estimate of drug-likeness (QED) is 0.640. The zero-order valence-corrected chi connectivity index (χ0v) is 5.89. The summed E-state index contributed by atoms with van der Waals surface area (Å²) in [5, 5.41) is 1.21. The largest absolute Gasteiger partial charge is 0.483 e. The molecule has 0 aromatic carbocycles. The third-order valence-electron chi connectivity index (χ3n) is 1.10. The van der Waals surface area contributed by atoms with E-state index >= 15 is 0 Å². The van der Waals surface area contributed by atoms with E-state index in [4.69, 9.17) is 5.73 Å². The molecular weight excluding hydrogens is 171 g/mol. The van der Waals surface area contributed by atoms with Gasteiger partial charge in [-0.2, -0.15) is 13.2 Å². The van der Waals surface area contributed by atoms with Crippen LogP contribution in [0.25, 0.3) is 0 Å². The minimum Gasteiger partial charge on any atom is -0.396 e. The van der Waals surface area contributed by atoms with Gasteiger partial charge >= 0.3 is 6.30 Å². The molecule has 1 aromatic rings. The number of nitrogens with one attached hydrogen (secondary N) is 1. The van der Waals surface area contributed by atoms with Crippen LogP contribution in [0.1, 0.15) is 0 Å². The second kappa shape index (κ2) is 2.88. The number of hydrogen-bond donors (Lipinski definition) is 2. The number of anilines is 2. The molecule has 0 aliphatic heterocycles. The van der Waals surface area contributed by atoms with Crippen LogP contribution in [0.5, 0.6) is 0 Å². The van der Waals surface area contributed by atoms with Gasteiger partial charge in [0.05, 0.1) is 5.69 Å². The lowest BCUT2D eigenvalue weighted by molar-refractivity contribution is -0.100. The predicted molar refractivity (Wildman–Crippen MR) is 38.3 cm³/mol. The number of nitrogen functional groups attached to an aromatic ring is 1. The Morgan fingerprint density at radius 3 is 2.58 bits per heavy atom. The van der Waals surface area contributed by atoms with Gasteiger partial charge in [-0.25, -0.2) is 4.98 Å². The molecule has 0 fully saturated rings. The SMILES string of the molecule is Nc1cccnc1NC(F)(F)F. The lowest BCUT2D eigenvalue weighted by atomic mass is 10.4. The normalized spacial score (nSPS) is 11.2. The Morgan fingerprint density at radius 1 is 1.42 bits per heavy atom. The van der Waals surface area contributed by atoms with Gasteiger partial charge in [0, 0.05) is 6.20 Å². The van der Waals surface area contributed by atoms with Crippen molar-refractivity contribution in [1.29, 1.82) is 0 Å². The lowest BCUT2D eigenvalue weighted by Crippen LogP contribution is -2.22. The molecule has 0 aliphatic rings. The molecule has 3 N–H and O–H groups in total. The molecule has 1 heterocycles. The van der Waals surface area contributed by atoms with Gasteiger partial charge in [0.1, 0.15) is 0 Å². The van der Waals surface area contributed by atoms with Crippen molar-refractivity contribution in [2.75, 3.05) is 11.1 Å². The third kappa shape index (κ3) is 2.30. The third-order valence-corrected chi connectivity index (χ3v) is 1.10. The van der Waals surface area contributed by atoms with Gasteiger partial charge in [-0.15, -0.1) is 0 Å². The number of pyridine rings is 1. The molecule has 0 saturated heterocycles. The summed E-state index contributed by atoms with van der Waals surface area (Å²) in [6, 6.07) is 2.79. The number of aromatic nitrogens is 1. The van der Waals surface area contributed by atoms with E-state index in [-0.39, 0.29) is 11.5 Å². The summed E-state index contributed by atoms with van der Waals surface area (Å²) in [6.45, 7) is 0. The van der Waals surface area contributed by atoms with Crippen molar-refractivity contribution < 1.29 is 13.2 Å². The van der Waals surface area contributed by atoms with Gasteiger partial charge in [-0.1, -0.05) is 0 Å². The molecule has 0 radical (unpaired) electrons. The molecule has 0 saturated carbocycles. The van der Waals surface area contributed by atoms with E-state index in [0.29, 0.717) is 0 Å². The van der Waals surface area contributed by atoms with Gasteiger partial charge < -0.3 is 5.73 Å². The Morgan fingerprint density at radius 2 is 2.08 bits per heavy atom. The summed E-state index contributed by atoms with van der Waals surface area (Å²) in [4.78, 5) is 3.41. The zero-order valence-electron chi connectivity index (χ0n) is 5.89. The predicted octanol–water partition coefficient (Wildman–Crippen LogP) is 1.60. The van der Waals surface area contributed by atoms with Crippen molar-refractivity contribution in [2.24, 2.45) is 0 Å². The molecule has 0 unspecified atom stereocenters. The van der Waals surface area contributed by atoms with Crippen LogP contribution in [-0.4, -0.2) is 11.3 Å². The van der Waals surface area contributed by atoms with Crippen molar-refractivity contribution in [3.05, 3.63) is 18.3 Å². The highest BCUT2D eigenvalue weighted by atomic mass is 19.4. The Labute approximate surface area is 66.4 Å². The highest BCUT2D eigenvalue weighted by Gasteiger charge is 2.28. The van der Waals surface area contributed by atoms with Gasteiger partial charge in [0.15, 0.2) is 5.82 Å². The van der Waals surface area contributed by atoms with Crippen molar-refractivity contribution >= 4 is 11.5 Å².